The first kappa shape index (κ1) is 22.4. The van der Waals surface area contributed by atoms with Crippen molar-refractivity contribution in [1.29, 1.82) is 0 Å². The Morgan fingerprint density at radius 3 is 2.56 bits per heavy atom. The Labute approximate surface area is 190 Å². The van der Waals surface area contributed by atoms with Crippen LogP contribution in [0, 0.1) is 11.3 Å². The quantitative estimate of drug-likeness (QED) is 0.735. The number of piperidine rings is 1. The maximum atomic E-state index is 12.8. The Morgan fingerprint density at radius 1 is 1.22 bits per heavy atom. The smallest absolute Gasteiger partial charge is 0.231 e. The number of carbonyl (C=O) groups excluding carboxylic acids is 1. The van der Waals surface area contributed by atoms with Gasteiger partial charge in [0.15, 0.2) is 11.5 Å². The summed E-state index contributed by atoms with van der Waals surface area (Å²) in [6, 6.07) is 9.76. The second-order valence-electron chi connectivity index (χ2n) is 9.59. The number of benzene rings is 1. The average Bonchev–Trinajstić information content (AvgIpc) is 3.24. The number of aromatic nitrogens is 1. The molecule has 1 aromatic heterocycles. The molecule has 1 aromatic carbocycles. The third-order valence-electron chi connectivity index (χ3n) is 6.25. The van der Waals surface area contributed by atoms with Gasteiger partial charge in [-0.05, 0) is 50.0 Å². The number of nitrogens with zero attached hydrogens (tertiary/aromatic N) is 2. The van der Waals surface area contributed by atoms with Crippen LogP contribution in [0.4, 0.5) is 0 Å². The van der Waals surface area contributed by atoms with E-state index < -0.39 is 5.41 Å². The number of pyridine rings is 1. The average molecular weight is 440 g/mol. The van der Waals surface area contributed by atoms with Gasteiger partial charge >= 0.3 is 0 Å². The molecule has 172 valence electrons. The molecule has 0 radical (unpaired) electrons. The van der Waals surface area contributed by atoms with Crippen LogP contribution in [-0.4, -0.2) is 42.8 Å². The standard InChI is InChI=1S/C25H33N3O4/c1-25(2,3)24(29)27-23(19-7-5-6-10-26-19)17-8-11-28(12-9-17)15-18-13-21-22(32-16-31-21)14-20(18)30-4/h5-7,10,13-14,17,23H,8-9,11-12,15-16H2,1-4H3,(H,27,29)/t23-/m0/s1. The van der Waals surface area contributed by atoms with Crippen molar-refractivity contribution in [3.63, 3.8) is 0 Å². The van der Waals surface area contributed by atoms with Crippen molar-refractivity contribution >= 4 is 5.91 Å². The van der Waals surface area contributed by atoms with E-state index in [4.69, 9.17) is 14.2 Å². The third kappa shape index (κ3) is 4.99. The Hall–Kier alpha value is -2.80. The molecule has 2 aliphatic heterocycles. The topological polar surface area (TPSA) is 72.9 Å². The van der Waals surface area contributed by atoms with Crippen LogP contribution in [0.5, 0.6) is 17.2 Å². The summed E-state index contributed by atoms with van der Waals surface area (Å²) < 4.78 is 16.6. The van der Waals surface area contributed by atoms with E-state index in [9.17, 15) is 4.79 Å². The molecule has 1 fully saturated rings. The minimum Gasteiger partial charge on any atom is -0.496 e. The van der Waals surface area contributed by atoms with Crippen LogP contribution in [0.3, 0.4) is 0 Å². The van der Waals surface area contributed by atoms with Crippen LogP contribution in [-0.2, 0) is 11.3 Å². The van der Waals surface area contributed by atoms with Gasteiger partial charge in [-0.1, -0.05) is 26.8 Å². The molecule has 7 heteroatoms. The van der Waals surface area contributed by atoms with Crippen molar-refractivity contribution in [2.75, 3.05) is 27.0 Å². The third-order valence-corrected chi connectivity index (χ3v) is 6.25. The normalized spacial score (nSPS) is 17.8. The SMILES string of the molecule is COc1cc2c(cc1CN1CCC([C@H](NC(=O)C(C)(C)C)c3ccccn3)CC1)OCO2. The number of ether oxygens (including phenoxy) is 3. The summed E-state index contributed by atoms with van der Waals surface area (Å²) in [6.07, 6.45) is 3.77. The fourth-order valence-electron chi connectivity index (χ4n) is 4.32. The highest BCUT2D eigenvalue weighted by molar-refractivity contribution is 5.81. The monoisotopic (exact) mass is 439 g/mol. The molecule has 0 spiro atoms. The van der Waals surface area contributed by atoms with Crippen molar-refractivity contribution in [3.8, 4) is 17.2 Å². The van der Waals surface area contributed by atoms with Crippen LogP contribution < -0.4 is 19.5 Å². The lowest BCUT2D eigenvalue weighted by atomic mass is 9.85. The number of hydrogen-bond acceptors (Lipinski definition) is 6. The van der Waals surface area contributed by atoms with Gasteiger partial charge in [0.05, 0.1) is 18.8 Å². The van der Waals surface area contributed by atoms with Gasteiger partial charge in [0.25, 0.3) is 0 Å². The van der Waals surface area contributed by atoms with Gasteiger partial charge in [0.2, 0.25) is 12.7 Å². The number of nitrogens with one attached hydrogen (secondary N) is 1. The molecule has 32 heavy (non-hydrogen) atoms. The number of rotatable bonds is 6. The van der Waals surface area contributed by atoms with Crippen molar-refractivity contribution in [1.82, 2.24) is 15.2 Å². The molecule has 0 saturated carbocycles. The zero-order valence-corrected chi connectivity index (χ0v) is 19.4. The lowest BCUT2D eigenvalue weighted by Crippen LogP contribution is -2.44. The van der Waals surface area contributed by atoms with E-state index >= 15 is 0 Å². The van der Waals surface area contributed by atoms with Gasteiger partial charge in [-0.3, -0.25) is 14.7 Å². The van der Waals surface area contributed by atoms with E-state index in [-0.39, 0.29) is 18.7 Å². The number of fused-ring (bicyclic) bond motifs is 1. The van der Waals surface area contributed by atoms with Crippen molar-refractivity contribution < 1.29 is 19.0 Å². The fourth-order valence-corrected chi connectivity index (χ4v) is 4.32. The van der Waals surface area contributed by atoms with Crippen molar-refractivity contribution in [3.05, 3.63) is 47.8 Å². The molecule has 0 unspecified atom stereocenters. The number of hydrogen-bond donors (Lipinski definition) is 1. The van der Waals surface area contributed by atoms with E-state index in [0.29, 0.717) is 5.92 Å². The predicted molar refractivity (Wildman–Crippen MR) is 122 cm³/mol. The van der Waals surface area contributed by atoms with Crippen LogP contribution in [0.15, 0.2) is 36.5 Å². The van der Waals surface area contributed by atoms with Crippen LogP contribution in [0.1, 0.15) is 50.9 Å². The molecule has 3 heterocycles. The highest BCUT2D eigenvalue weighted by Gasteiger charge is 2.33. The van der Waals surface area contributed by atoms with E-state index in [0.717, 1.165) is 61.0 Å². The highest BCUT2D eigenvalue weighted by Crippen LogP contribution is 2.39. The highest BCUT2D eigenvalue weighted by atomic mass is 16.7. The summed E-state index contributed by atoms with van der Waals surface area (Å²) in [5, 5.41) is 3.28. The maximum Gasteiger partial charge on any atom is 0.231 e. The van der Waals surface area contributed by atoms with Crippen LogP contribution in [0.2, 0.25) is 0 Å². The van der Waals surface area contributed by atoms with E-state index in [1.165, 1.54) is 0 Å². The zero-order valence-electron chi connectivity index (χ0n) is 19.4. The largest absolute Gasteiger partial charge is 0.496 e. The number of carbonyl (C=O) groups is 1. The summed E-state index contributed by atoms with van der Waals surface area (Å²) in [6.45, 7) is 8.75. The zero-order chi connectivity index (χ0) is 22.7. The summed E-state index contributed by atoms with van der Waals surface area (Å²) in [5.41, 5.74) is 1.59. The maximum absolute atomic E-state index is 12.8. The number of methoxy groups -OCH3 is 1. The van der Waals surface area contributed by atoms with Gasteiger partial charge in [-0.15, -0.1) is 0 Å². The van der Waals surface area contributed by atoms with Gasteiger partial charge in [-0.2, -0.15) is 0 Å². The first-order valence-electron chi connectivity index (χ1n) is 11.3. The lowest BCUT2D eigenvalue weighted by molar-refractivity contribution is -0.129. The fraction of sp³-hybridized carbons (Fsp3) is 0.520. The number of likely N-dealkylation sites (tertiary alicyclic amines) is 1. The van der Waals surface area contributed by atoms with Gasteiger partial charge < -0.3 is 19.5 Å². The van der Waals surface area contributed by atoms with Gasteiger partial charge in [0, 0.05) is 29.8 Å². The minimum atomic E-state index is -0.441. The molecule has 1 N–H and O–H groups in total. The molecule has 2 aliphatic rings. The van der Waals surface area contributed by atoms with Crippen molar-refractivity contribution in [2.45, 2.75) is 46.2 Å². The lowest BCUT2D eigenvalue weighted by Gasteiger charge is -2.37. The summed E-state index contributed by atoms with van der Waals surface area (Å²) in [7, 11) is 1.68. The Balaban J connectivity index is 1.44. The Morgan fingerprint density at radius 2 is 1.94 bits per heavy atom. The molecule has 4 rings (SSSR count). The van der Waals surface area contributed by atoms with Crippen LogP contribution in [0.25, 0.3) is 0 Å². The first-order valence-corrected chi connectivity index (χ1v) is 11.3. The van der Waals surface area contributed by atoms with Crippen LogP contribution >= 0.6 is 0 Å². The molecular weight excluding hydrogens is 406 g/mol. The molecule has 1 saturated heterocycles. The van der Waals surface area contributed by atoms with Gasteiger partial charge in [0.1, 0.15) is 5.75 Å². The van der Waals surface area contributed by atoms with E-state index in [1.807, 2.05) is 51.1 Å². The second-order valence-corrected chi connectivity index (χ2v) is 9.59. The minimum absolute atomic E-state index is 0.0562. The first-order chi connectivity index (χ1) is 15.3. The molecule has 7 nitrogen and oxygen atoms in total. The Bertz CT molecular complexity index is 934. The van der Waals surface area contributed by atoms with E-state index in [1.54, 1.807) is 13.3 Å². The molecule has 1 atom stereocenters. The van der Waals surface area contributed by atoms with Gasteiger partial charge in [-0.25, -0.2) is 0 Å². The number of amides is 1. The summed E-state index contributed by atoms with van der Waals surface area (Å²) in [5.74, 6) is 2.72. The molecule has 0 aliphatic carbocycles. The Kier molecular flexibility index (Phi) is 6.55. The predicted octanol–water partition coefficient (Wildman–Crippen LogP) is 3.93. The molecule has 1 amide bonds. The summed E-state index contributed by atoms with van der Waals surface area (Å²) in [4.78, 5) is 19.8. The molecule has 2 aromatic rings. The second kappa shape index (κ2) is 9.36. The van der Waals surface area contributed by atoms with Crippen molar-refractivity contribution in [2.24, 2.45) is 11.3 Å². The van der Waals surface area contributed by atoms with E-state index in [2.05, 4.69) is 15.2 Å². The molecule has 0 bridgehead atoms. The molecular formula is C25H33N3O4. The summed E-state index contributed by atoms with van der Waals surface area (Å²) >= 11 is 0.